The maximum Gasteiger partial charge on any atom is 0.331 e. The number of carbonyl (C=O) groups excluding carboxylic acids is 4. The van der Waals surface area contributed by atoms with Gasteiger partial charge in [0.1, 0.15) is 24.4 Å². The van der Waals surface area contributed by atoms with Crippen molar-refractivity contribution in [2.75, 3.05) is 13.2 Å². The molecule has 0 amide bonds. The Kier molecular flexibility index (Phi) is 12.1. The highest BCUT2D eigenvalue weighted by Crippen LogP contribution is 2.62. The Balaban J connectivity index is 1.04. The number of epoxide rings is 1. The van der Waals surface area contributed by atoms with E-state index >= 15 is 0 Å². The minimum atomic E-state index is -1.73. The normalized spacial score (nSPS) is 44.0. The summed E-state index contributed by atoms with van der Waals surface area (Å²) in [5, 5.41) is 32.7. The van der Waals surface area contributed by atoms with Gasteiger partial charge in [0.05, 0.1) is 37.4 Å². The smallest absolute Gasteiger partial charge is 0.331 e. The van der Waals surface area contributed by atoms with Crippen LogP contribution in [0.4, 0.5) is 0 Å². The molecule has 5 heterocycles. The first-order chi connectivity index (χ1) is 27.1. The van der Waals surface area contributed by atoms with Crippen LogP contribution in [0, 0.1) is 17.8 Å². The van der Waals surface area contributed by atoms with Crippen LogP contribution in [0.5, 0.6) is 0 Å². The average Bonchev–Trinajstić information content (AvgIpc) is 3.94. The lowest BCUT2D eigenvalue weighted by atomic mass is 9.72. The Hall–Kier alpha value is -3.52. The molecular weight excluding hydrogens is 752 g/mol. The summed E-state index contributed by atoms with van der Waals surface area (Å²) in [7, 11) is 0. The van der Waals surface area contributed by atoms with E-state index < -0.39 is 115 Å². The van der Waals surface area contributed by atoms with Crippen molar-refractivity contribution < 1.29 is 81.9 Å². The van der Waals surface area contributed by atoms with Gasteiger partial charge in [-0.1, -0.05) is 37.3 Å². The number of fused-ring (bicyclic) bond motifs is 3. The summed E-state index contributed by atoms with van der Waals surface area (Å²) in [5.41, 5.74) is 0.102. The third-order valence-electron chi connectivity index (χ3n) is 12.0. The van der Waals surface area contributed by atoms with Crippen molar-refractivity contribution >= 4 is 30.0 Å². The van der Waals surface area contributed by atoms with Gasteiger partial charge in [-0.2, -0.15) is 0 Å². The van der Waals surface area contributed by atoms with E-state index in [9.17, 15) is 34.5 Å². The van der Waals surface area contributed by atoms with E-state index in [-0.39, 0.29) is 31.3 Å². The number of benzene rings is 1. The SMILES string of the molecule is CC(=O)O[C@@H]1[C@@H](O)[C@H](O[C@H]2[C@H](OC(=O)[C@@H]3CC[C@@H]4[C@H](C3)O[C@@]3(C[C@@H](OC(=O)/C=C/c5ccccc5)[C@@H](C)CO3)[C@@]43CO3)O[C@H](C)[C@@H](O)[C@@H]2OC(C)=O)O[C@H](C)[C@H]1O. The fraction of sp³-hybridized carbons (Fsp3) is 0.700. The monoisotopic (exact) mass is 804 g/mol. The quantitative estimate of drug-likeness (QED) is 0.139. The maximum absolute atomic E-state index is 14.0. The number of ether oxygens (including phenoxy) is 10. The molecule has 1 aliphatic carbocycles. The molecule has 1 saturated carbocycles. The first kappa shape index (κ1) is 41.6. The fourth-order valence-corrected chi connectivity index (χ4v) is 8.85. The number of carbonyl (C=O) groups is 4. The van der Waals surface area contributed by atoms with Gasteiger partial charge in [0, 0.05) is 38.2 Å². The van der Waals surface area contributed by atoms with Gasteiger partial charge in [-0.15, -0.1) is 0 Å². The van der Waals surface area contributed by atoms with Crippen molar-refractivity contribution in [2.45, 2.75) is 145 Å². The minimum Gasteiger partial charge on any atom is -0.459 e. The summed E-state index contributed by atoms with van der Waals surface area (Å²) in [5.74, 6) is -4.80. The van der Waals surface area contributed by atoms with Gasteiger partial charge in [-0.3, -0.25) is 14.4 Å². The van der Waals surface area contributed by atoms with E-state index in [1.165, 1.54) is 19.9 Å². The topological polar surface area (TPSA) is 225 Å². The zero-order valence-corrected chi connectivity index (χ0v) is 32.5. The van der Waals surface area contributed by atoms with Crippen molar-refractivity contribution in [3.05, 3.63) is 42.0 Å². The molecule has 6 fully saturated rings. The van der Waals surface area contributed by atoms with Crippen molar-refractivity contribution in [1.29, 1.82) is 0 Å². The van der Waals surface area contributed by atoms with Crippen molar-refractivity contribution in [2.24, 2.45) is 17.8 Å². The Labute approximate surface area is 329 Å². The third-order valence-corrected chi connectivity index (χ3v) is 12.0. The Morgan fingerprint density at radius 3 is 2.11 bits per heavy atom. The lowest BCUT2D eigenvalue weighted by molar-refractivity contribution is -0.358. The number of esters is 4. The van der Waals surface area contributed by atoms with Gasteiger partial charge in [0.2, 0.25) is 12.1 Å². The molecule has 0 unspecified atom stereocenters. The number of aliphatic hydroxyl groups is 3. The molecule has 3 N–H and O–H groups in total. The molecule has 17 heteroatoms. The first-order valence-corrected chi connectivity index (χ1v) is 19.6. The summed E-state index contributed by atoms with van der Waals surface area (Å²) >= 11 is 0. The lowest BCUT2D eigenvalue weighted by Gasteiger charge is -2.46. The molecule has 6 aliphatic rings. The molecule has 0 bridgehead atoms. The molecule has 17 atom stereocenters. The van der Waals surface area contributed by atoms with E-state index in [4.69, 9.17) is 47.4 Å². The average molecular weight is 805 g/mol. The number of hydrogen-bond acceptors (Lipinski definition) is 17. The summed E-state index contributed by atoms with van der Waals surface area (Å²) in [4.78, 5) is 50.9. The van der Waals surface area contributed by atoms with Crippen LogP contribution in [0.3, 0.4) is 0 Å². The van der Waals surface area contributed by atoms with Crippen molar-refractivity contribution in [3.8, 4) is 0 Å². The highest BCUT2D eigenvalue weighted by atomic mass is 16.8. The predicted octanol–water partition coefficient (Wildman–Crippen LogP) is 1.31. The molecule has 7 rings (SSSR count). The van der Waals surface area contributed by atoms with Gasteiger partial charge in [0.15, 0.2) is 30.2 Å². The van der Waals surface area contributed by atoms with E-state index in [1.807, 2.05) is 37.3 Å². The Morgan fingerprint density at radius 1 is 0.789 bits per heavy atom. The predicted molar refractivity (Wildman–Crippen MR) is 191 cm³/mol. The molecule has 17 nitrogen and oxygen atoms in total. The van der Waals surface area contributed by atoms with Crippen molar-refractivity contribution in [3.63, 3.8) is 0 Å². The summed E-state index contributed by atoms with van der Waals surface area (Å²) in [6, 6.07) is 9.42. The van der Waals surface area contributed by atoms with Gasteiger partial charge in [-0.05, 0) is 44.7 Å². The molecular formula is C40H52O17. The van der Waals surface area contributed by atoms with E-state index in [2.05, 4.69) is 0 Å². The van der Waals surface area contributed by atoms with Gasteiger partial charge in [-0.25, -0.2) is 4.79 Å². The third kappa shape index (κ3) is 8.36. The molecule has 1 aromatic rings. The van der Waals surface area contributed by atoms with Crippen LogP contribution < -0.4 is 0 Å². The molecule has 0 aromatic heterocycles. The molecule has 0 radical (unpaired) electrons. The van der Waals surface area contributed by atoms with Crippen LogP contribution in [-0.2, 0) is 66.5 Å². The number of hydrogen-bond donors (Lipinski definition) is 3. The van der Waals surface area contributed by atoms with Gasteiger partial charge < -0.3 is 62.7 Å². The molecule has 2 spiro atoms. The molecule has 1 aromatic carbocycles. The van der Waals surface area contributed by atoms with Crippen LogP contribution >= 0.6 is 0 Å². The van der Waals surface area contributed by atoms with Crippen LogP contribution in [0.25, 0.3) is 6.08 Å². The van der Waals surface area contributed by atoms with Crippen LogP contribution in [0.2, 0.25) is 0 Å². The first-order valence-electron chi connectivity index (χ1n) is 19.6. The molecule has 57 heavy (non-hydrogen) atoms. The fourth-order valence-electron chi connectivity index (χ4n) is 8.85. The van der Waals surface area contributed by atoms with E-state index in [0.29, 0.717) is 19.4 Å². The van der Waals surface area contributed by atoms with Crippen molar-refractivity contribution in [1.82, 2.24) is 0 Å². The van der Waals surface area contributed by atoms with E-state index in [1.54, 1.807) is 6.08 Å². The highest BCUT2D eigenvalue weighted by Gasteiger charge is 2.76. The summed E-state index contributed by atoms with van der Waals surface area (Å²) < 4.78 is 59.4. The van der Waals surface area contributed by atoms with Crippen LogP contribution in [0.15, 0.2) is 36.4 Å². The number of rotatable bonds is 9. The second-order valence-corrected chi connectivity index (χ2v) is 16.0. The standard InChI is InChI=1S/C40H52O17/c1-19-17-48-40(16-28(19)54-29(43)14-11-24-9-7-6-8-10-24)39(18-49-39)26-13-12-25(15-27(26)57-40)36(47)56-38-35(34(53-23(5)42)31(45)21(3)51-38)55-37-32(46)33(52-22(4)41)30(44)20(2)50-37/h6-11,14,19-21,25-28,30-35,37-38,44-46H,12-13,15-18H2,1-5H3/b14-11+/t19-,20+,21+,25+,26+,27-,28+,30+,31+,32+,33-,34-,35+,37-,38-,39+,40-/m0/s1. The minimum absolute atomic E-state index is 0.109. The maximum atomic E-state index is 14.0. The van der Waals surface area contributed by atoms with Gasteiger partial charge in [0.25, 0.3) is 0 Å². The number of aliphatic hydroxyl groups excluding tert-OH is 3. The van der Waals surface area contributed by atoms with E-state index in [0.717, 1.165) is 19.4 Å². The second kappa shape index (κ2) is 16.6. The zero-order valence-electron chi connectivity index (χ0n) is 32.5. The summed E-state index contributed by atoms with van der Waals surface area (Å²) in [6.45, 7) is 7.81. The highest BCUT2D eigenvalue weighted by molar-refractivity contribution is 5.87. The second-order valence-electron chi connectivity index (χ2n) is 16.0. The van der Waals surface area contributed by atoms with Crippen LogP contribution in [0.1, 0.15) is 65.9 Å². The Morgan fingerprint density at radius 2 is 1.44 bits per heavy atom. The Bertz CT molecular complexity index is 1670. The molecule has 314 valence electrons. The molecule has 5 saturated heterocycles. The lowest BCUT2D eigenvalue weighted by Crippen LogP contribution is -2.64. The summed E-state index contributed by atoms with van der Waals surface area (Å²) in [6.07, 6.45) is -10.6. The molecule has 5 aliphatic heterocycles. The van der Waals surface area contributed by atoms with Gasteiger partial charge >= 0.3 is 23.9 Å². The largest absolute Gasteiger partial charge is 0.459 e. The van der Waals surface area contributed by atoms with Crippen LogP contribution in [-0.4, -0.2) is 137 Å². The zero-order chi connectivity index (χ0) is 40.8.